The Morgan fingerprint density at radius 2 is 1.93 bits per heavy atom. The number of methoxy groups -OCH3 is 2. The minimum absolute atomic E-state index is 0.103. The van der Waals surface area contributed by atoms with Crippen LogP contribution in [0.25, 0.3) is 0 Å². The Morgan fingerprint density at radius 1 is 1.21 bits per heavy atom. The van der Waals surface area contributed by atoms with Gasteiger partial charge >= 0.3 is 0 Å². The van der Waals surface area contributed by atoms with Crippen molar-refractivity contribution in [3.05, 3.63) is 35.6 Å². The van der Waals surface area contributed by atoms with Gasteiger partial charge in [0, 0.05) is 30.8 Å². The van der Waals surface area contributed by atoms with Gasteiger partial charge in [0.05, 0.1) is 20.3 Å². The number of benzene rings is 1. The molecule has 0 bridgehead atoms. The maximum Gasteiger partial charge on any atom is 0.254 e. The Balaban J connectivity index is 1.78. The van der Waals surface area contributed by atoms with Gasteiger partial charge in [0.25, 0.3) is 5.91 Å². The maximum absolute atomic E-state index is 13.2. The molecule has 3 rings (SSSR count). The quantitative estimate of drug-likeness (QED) is 0.721. The van der Waals surface area contributed by atoms with Crippen LogP contribution in [0.4, 0.5) is 5.82 Å². The second-order valence-corrected chi connectivity index (χ2v) is 6.79. The van der Waals surface area contributed by atoms with Crippen molar-refractivity contribution in [2.45, 2.75) is 25.9 Å². The third-order valence-electron chi connectivity index (χ3n) is 4.56. The van der Waals surface area contributed by atoms with Crippen LogP contribution in [-0.4, -0.2) is 61.9 Å². The molecule has 2 amide bonds. The molecule has 0 saturated carbocycles. The van der Waals surface area contributed by atoms with Gasteiger partial charge < -0.3 is 29.0 Å². The zero-order valence-electron chi connectivity index (χ0n) is 16.8. The minimum atomic E-state index is -0.375. The SMILES string of the molecule is COc1cc(OC)cc(C(=O)N(CC(=O)Nc2cc(C)on2)CC2CCCO2)c1. The van der Waals surface area contributed by atoms with E-state index in [1.54, 1.807) is 31.2 Å². The third-order valence-corrected chi connectivity index (χ3v) is 4.56. The largest absolute Gasteiger partial charge is 0.497 e. The summed E-state index contributed by atoms with van der Waals surface area (Å²) in [5.41, 5.74) is 0.365. The molecule has 9 nitrogen and oxygen atoms in total. The average Bonchev–Trinajstić information content (AvgIpc) is 3.38. The predicted octanol–water partition coefficient (Wildman–Crippen LogP) is 2.26. The van der Waals surface area contributed by atoms with E-state index in [4.69, 9.17) is 18.7 Å². The molecule has 1 saturated heterocycles. The monoisotopic (exact) mass is 403 g/mol. The van der Waals surface area contributed by atoms with Crippen LogP contribution in [0.15, 0.2) is 28.8 Å². The van der Waals surface area contributed by atoms with Crippen LogP contribution in [0, 0.1) is 6.92 Å². The van der Waals surface area contributed by atoms with Gasteiger partial charge in [0.15, 0.2) is 5.82 Å². The molecule has 9 heteroatoms. The number of nitrogens with one attached hydrogen (secondary N) is 1. The summed E-state index contributed by atoms with van der Waals surface area (Å²) in [5, 5.41) is 6.39. The third kappa shape index (κ3) is 5.47. The Kier molecular flexibility index (Phi) is 6.71. The van der Waals surface area contributed by atoms with E-state index < -0.39 is 0 Å². The van der Waals surface area contributed by atoms with E-state index in [1.807, 2.05) is 0 Å². The van der Waals surface area contributed by atoms with Crippen molar-refractivity contribution in [2.24, 2.45) is 0 Å². The van der Waals surface area contributed by atoms with Crippen LogP contribution in [-0.2, 0) is 9.53 Å². The van der Waals surface area contributed by atoms with Gasteiger partial charge in [-0.05, 0) is 31.9 Å². The number of carbonyl (C=O) groups is 2. The molecule has 1 aromatic heterocycles. The molecular formula is C20H25N3O6. The fourth-order valence-corrected chi connectivity index (χ4v) is 3.15. The minimum Gasteiger partial charge on any atom is -0.497 e. The molecule has 0 spiro atoms. The molecule has 2 heterocycles. The lowest BCUT2D eigenvalue weighted by Crippen LogP contribution is -2.42. The first-order chi connectivity index (χ1) is 14.0. The van der Waals surface area contributed by atoms with Gasteiger partial charge in [0.1, 0.15) is 23.8 Å². The van der Waals surface area contributed by atoms with E-state index in [-0.39, 0.29) is 24.5 Å². The second kappa shape index (κ2) is 9.42. The molecule has 0 radical (unpaired) electrons. The second-order valence-electron chi connectivity index (χ2n) is 6.79. The summed E-state index contributed by atoms with van der Waals surface area (Å²) >= 11 is 0. The van der Waals surface area contributed by atoms with Crippen LogP contribution in [0.1, 0.15) is 29.0 Å². The predicted molar refractivity (Wildman–Crippen MR) is 104 cm³/mol. The van der Waals surface area contributed by atoms with Crippen LogP contribution >= 0.6 is 0 Å². The standard InChI is InChI=1S/C20H25N3O6/c1-13-7-18(22-29-13)21-19(24)12-23(11-15-5-4-6-28-15)20(25)14-8-16(26-2)10-17(9-14)27-3/h7-10,15H,4-6,11-12H2,1-3H3,(H,21,22,24). The van der Waals surface area contributed by atoms with Gasteiger partial charge in [-0.2, -0.15) is 0 Å². The summed E-state index contributed by atoms with van der Waals surface area (Å²) in [6, 6.07) is 6.52. The average molecular weight is 403 g/mol. The normalized spacial score (nSPS) is 15.8. The van der Waals surface area contributed by atoms with E-state index in [1.165, 1.54) is 19.1 Å². The fraction of sp³-hybridized carbons (Fsp3) is 0.450. The number of amides is 2. The summed E-state index contributed by atoms with van der Waals surface area (Å²) in [6.45, 7) is 2.55. The summed E-state index contributed by atoms with van der Waals surface area (Å²) in [5.74, 6) is 1.18. The molecule has 0 aliphatic carbocycles. The Hall–Kier alpha value is -3.07. The van der Waals surface area contributed by atoms with E-state index >= 15 is 0 Å². The number of rotatable bonds is 8. The van der Waals surface area contributed by atoms with E-state index in [0.717, 1.165) is 12.8 Å². The zero-order valence-corrected chi connectivity index (χ0v) is 16.8. The molecule has 1 unspecified atom stereocenters. The summed E-state index contributed by atoms with van der Waals surface area (Å²) in [4.78, 5) is 27.2. The molecule has 1 aromatic carbocycles. The first-order valence-electron chi connectivity index (χ1n) is 9.35. The molecule has 1 atom stereocenters. The lowest BCUT2D eigenvalue weighted by molar-refractivity contribution is -0.117. The molecule has 156 valence electrons. The first-order valence-corrected chi connectivity index (χ1v) is 9.35. The lowest BCUT2D eigenvalue weighted by Gasteiger charge is -2.25. The number of anilines is 1. The van der Waals surface area contributed by atoms with Crippen molar-refractivity contribution >= 4 is 17.6 Å². The molecule has 2 aromatic rings. The number of aromatic nitrogens is 1. The van der Waals surface area contributed by atoms with Gasteiger partial charge in [-0.1, -0.05) is 5.16 Å². The number of ether oxygens (including phenoxy) is 3. The van der Waals surface area contributed by atoms with Crippen molar-refractivity contribution in [1.82, 2.24) is 10.1 Å². The smallest absolute Gasteiger partial charge is 0.254 e. The maximum atomic E-state index is 13.2. The van der Waals surface area contributed by atoms with Crippen molar-refractivity contribution in [3.8, 4) is 11.5 Å². The number of hydrogen-bond acceptors (Lipinski definition) is 7. The number of carbonyl (C=O) groups excluding carboxylic acids is 2. The fourth-order valence-electron chi connectivity index (χ4n) is 3.15. The first kappa shape index (κ1) is 20.7. The lowest BCUT2D eigenvalue weighted by atomic mass is 10.1. The molecule has 1 aliphatic heterocycles. The van der Waals surface area contributed by atoms with Gasteiger partial charge in [0.2, 0.25) is 5.91 Å². The molecule has 1 N–H and O–H groups in total. The van der Waals surface area contributed by atoms with Crippen LogP contribution in [0.2, 0.25) is 0 Å². The zero-order chi connectivity index (χ0) is 20.8. The number of nitrogens with zero attached hydrogens (tertiary/aromatic N) is 2. The van der Waals surface area contributed by atoms with Gasteiger partial charge in [-0.15, -0.1) is 0 Å². The topological polar surface area (TPSA) is 103 Å². The van der Waals surface area contributed by atoms with Crippen molar-refractivity contribution in [1.29, 1.82) is 0 Å². The van der Waals surface area contributed by atoms with Crippen molar-refractivity contribution < 1.29 is 28.3 Å². The van der Waals surface area contributed by atoms with E-state index in [2.05, 4.69) is 10.5 Å². The summed E-state index contributed by atoms with van der Waals surface area (Å²) in [7, 11) is 3.03. The van der Waals surface area contributed by atoms with Crippen LogP contribution in [0.3, 0.4) is 0 Å². The van der Waals surface area contributed by atoms with Crippen molar-refractivity contribution in [2.75, 3.05) is 39.2 Å². The molecule has 29 heavy (non-hydrogen) atoms. The number of aryl methyl sites for hydroxylation is 1. The Bertz CT molecular complexity index is 837. The van der Waals surface area contributed by atoms with Gasteiger partial charge in [-0.3, -0.25) is 9.59 Å². The highest BCUT2D eigenvalue weighted by Gasteiger charge is 2.26. The van der Waals surface area contributed by atoms with Crippen LogP contribution in [0.5, 0.6) is 11.5 Å². The van der Waals surface area contributed by atoms with Crippen LogP contribution < -0.4 is 14.8 Å². The molecule has 1 fully saturated rings. The van der Waals surface area contributed by atoms with Crippen molar-refractivity contribution in [3.63, 3.8) is 0 Å². The summed E-state index contributed by atoms with van der Waals surface area (Å²) in [6.07, 6.45) is 1.67. The van der Waals surface area contributed by atoms with E-state index in [9.17, 15) is 9.59 Å². The molecular weight excluding hydrogens is 378 g/mol. The molecule has 1 aliphatic rings. The Morgan fingerprint density at radius 3 is 2.48 bits per heavy atom. The summed E-state index contributed by atoms with van der Waals surface area (Å²) < 4.78 is 21.1. The highest BCUT2D eigenvalue weighted by molar-refractivity contribution is 5.99. The van der Waals surface area contributed by atoms with E-state index in [0.29, 0.717) is 41.8 Å². The number of hydrogen-bond donors (Lipinski definition) is 1. The van der Waals surface area contributed by atoms with Gasteiger partial charge in [-0.25, -0.2) is 0 Å². The highest BCUT2D eigenvalue weighted by Crippen LogP contribution is 2.24. The highest BCUT2D eigenvalue weighted by atomic mass is 16.5. The Labute approximate surface area is 168 Å².